The zero-order valence-corrected chi connectivity index (χ0v) is 23.9. The zero-order chi connectivity index (χ0) is 26.3. The number of carbonyl (C=O) groups excluding carboxylic acids is 2. The van der Waals surface area contributed by atoms with Gasteiger partial charge in [0.15, 0.2) is 0 Å². The van der Waals surface area contributed by atoms with Gasteiger partial charge in [0.05, 0.1) is 11.9 Å². The van der Waals surface area contributed by atoms with Crippen LogP contribution in [0.25, 0.3) is 0 Å². The number of anilines is 1. The summed E-state index contributed by atoms with van der Waals surface area (Å²) in [6, 6.07) is 22.8. The summed E-state index contributed by atoms with van der Waals surface area (Å²) < 4.78 is 27.9. The highest BCUT2D eigenvalue weighted by molar-refractivity contribution is 9.10. The molecule has 0 aromatic heterocycles. The largest absolute Gasteiger partial charge is 0.357 e. The van der Waals surface area contributed by atoms with Crippen LogP contribution in [-0.4, -0.2) is 51.0 Å². The van der Waals surface area contributed by atoms with Crippen molar-refractivity contribution in [1.29, 1.82) is 0 Å². The Morgan fingerprint density at radius 3 is 2.17 bits per heavy atom. The SMILES string of the molecule is CNC(=O)C(Cc1ccccc1)N(Cc1cccc(Br)c1)C(=O)CN(c1ccccc1Br)S(C)(=O)=O. The minimum Gasteiger partial charge on any atom is -0.357 e. The van der Waals surface area contributed by atoms with Gasteiger partial charge in [-0.1, -0.05) is 70.5 Å². The highest BCUT2D eigenvalue weighted by Crippen LogP contribution is 2.28. The average molecular weight is 637 g/mol. The first-order valence-corrected chi connectivity index (χ1v) is 14.5. The monoisotopic (exact) mass is 635 g/mol. The second kappa shape index (κ2) is 12.5. The molecule has 190 valence electrons. The third kappa shape index (κ3) is 7.41. The van der Waals surface area contributed by atoms with Crippen LogP contribution < -0.4 is 9.62 Å². The number of rotatable bonds is 10. The summed E-state index contributed by atoms with van der Waals surface area (Å²) in [4.78, 5) is 28.4. The van der Waals surface area contributed by atoms with Crippen LogP contribution in [0.4, 0.5) is 5.69 Å². The molecule has 0 saturated heterocycles. The van der Waals surface area contributed by atoms with E-state index < -0.39 is 28.5 Å². The van der Waals surface area contributed by atoms with Crippen molar-refractivity contribution < 1.29 is 18.0 Å². The van der Waals surface area contributed by atoms with Gasteiger partial charge in [0, 0.05) is 29.0 Å². The van der Waals surface area contributed by atoms with E-state index in [-0.39, 0.29) is 18.9 Å². The van der Waals surface area contributed by atoms with Gasteiger partial charge in [-0.3, -0.25) is 13.9 Å². The van der Waals surface area contributed by atoms with Gasteiger partial charge < -0.3 is 10.2 Å². The smallest absolute Gasteiger partial charge is 0.244 e. The van der Waals surface area contributed by atoms with Gasteiger partial charge in [0.2, 0.25) is 21.8 Å². The maximum Gasteiger partial charge on any atom is 0.244 e. The lowest BCUT2D eigenvalue weighted by atomic mass is 10.0. The fourth-order valence-corrected chi connectivity index (χ4v) is 5.73. The first kappa shape index (κ1) is 27.9. The van der Waals surface area contributed by atoms with Crippen LogP contribution in [-0.2, 0) is 32.6 Å². The van der Waals surface area contributed by atoms with Gasteiger partial charge >= 0.3 is 0 Å². The Hall–Kier alpha value is -2.69. The molecule has 3 rings (SSSR count). The Balaban J connectivity index is 2.04. The topological polar surface area (TPSA) is 86.8 Å². The van der Waals surface area contributed by atoms with Crippen LogP contribution in [0.15, 0.2) is 87.8 Å². The standard InChI is InChI=1S/C26H27Br2N3O4S/c1-29-26(33)24(16-19-9-4-3-5-10-19)30(17-20-11-8-12-21(27)15-20)25(32)18-31(36(2,34)35)23-14-7-6-13-22(23)28/h3-15,24H,16-18H2,1-2H3,(H,29,33). The summed E-state index contributed by atoms with van der Waals surface area (Å²) >= 11 is 6.84. The molecule has 0 aliphatic rings. The quantitative estimate of drug-likeness (QED) is 0.358. The number of sulfonamides is 1. The molecular formula is C26H27Br2N3O4S. The van der Waals surface area contributed by atoms with Crippen LogP contribution in [0.3, 0.4) is 0 Å². The lowest BCUT2D eigenvalue weighted by Crippen LogP contribution is -2.52. The van der Waals surface area contributed by atoms with Crippen molar-refractivity contribution in [2.24, 2.45) is 0 Å². The first-order valence-electron chi connectivity index (χ1n) is 11.1. The number of para-hydroxylation sites is 1. The van der Waals surface area contributed by atoms with E-state index in [1.807, 2.05) is 54.6 Å². The molecule has 36 heavy (non-hydrogen) atoms. The lowest BCUT2D eigenvalue weighted by Gasteiger charge is -2.33. The van der Waals surface area contributed by atoms with Crippen molar-refractivity contribution >= 4 is 59.4 Å². The molecule has 0 aliphatic heterocycles. The van der Waals surface area contributed by atoms with Gasteiger partial charge in [-0.15, -0.1) is 0 Å². The third-order valence-electron chi connectivity index (χ3n) is 5.56. The molecule has 1 atom stereocenters. The number of nitrogens with zero attached hydrogens (tertiary/aromatic N) is 2. The summed E-state index contributed by atoms with van der Waals surface area (Å²) in [6.45, 7) is -0.339. The molecule has 0 heterocycles. The second-order valence-electron chi connectivity index (χ2n) is 8.19. The number of amides is 2. The lowest BCUT2D eigenvalue weighted by molar-refractivity contribution is -0.139. The number of hydrogen-bond donors (Lipinski definition) is 1. The van der Waals surface area contributed by atoms with Gasteiger partial charge in [0.1, 0.15) is 12.6 Å². The molecule has 7 nitrogen and oxygen atoms in total. The predicted molar refractivity (Wildman–Crippen MR) is 149 cm³/mol. The fourth-order valence-electron chi connectivity index (χ4n) is 3.80. The third-order valence-corrected chi connectivity index (χ3v) is 7.85. The number of nitrogens with one attached hydrogen (secondary N) is 1. The number of halogens is 2. The zero-order valence-electron chi connectivity index (χ0n) is 19.9. The van der Waals surface area contributed by atoms with Gasteiger partial charge in [-0.2, -0.15) is 0 Å². The summed E-state index contributed by atoms with van der Waals surface area (Å²) in [5.41, 5.74) is 2.02. The van der Waals surface area contributed by atoms with Gasteiger partial charge in [-0.25, -0.2) is 8.42 Å². The van der Waals surface area contributed by atoms with Crippen LogP contribution in [0, 0.1) is 0 Å². The summed E-state index contributed by atoms with van der Waals surface area (Å²) in [6.07, 6.45) is 1.33. The molecule has 2 amide bonds. The fraction of sp³-hybridized carbons (Fsp3) is 0.231. The van der Waals surface area contributed by atoms with Crippen LogP contribution >= 0.6 is 31.9 Å². The Bertz CT molecular complexity index is 1320. The van der Waals surface area contributed by atoms with Crippen molar-refractivity contribution in [2.45, 2.75) is 19.0 Å². The Labute approximate surface area is 228 Å². The highest BCUT2D eigenvalue weighted by Gasteiger charge is 2.33. The molecular weight excluding hydrogens is 610 g/mol. The van der Waals surface area contributed by atoms with E-state index in [1.165, 1.54) is 11.9 Å². The van der Waals surface area contributed by atoms with Crippen molar-refractivity contribution in [3.05, 3.63) is 98.9 Å². The minimum absolute atomic E-state index is 0.122. The molecule has 1 unspecified atom stereocenters. The number of likely N-dealkylation sites (N-methyl/N-ethyl adjacent to an activating group) is 1. The molecule has 0 spiro atoms. The van der Waals surface area contributed by atoms with E-state index in [2.05, 4.69) is 37.2 Å². The molecule has 0 saturated carbocycles. The minimum atomic E-state index is -3.81. The van der Waals surface area contributed by atoms with Crippen molar-refractivity contribution in [3.63, 3.8) is 0 Å². The van der Waals surface area contributed by atoms with E-state index >= 15 is 0 Å². The maximum absolute atomic E-state index is 13.8. The molecule has 3 aromatic rings. The Kier molecular flexibility index (Phi) is 9.69. The van der Waals surface area contributed by atoms with Crippen molar-refractivity contribution in [1.82, 2.24) is 10.2 Å². The van der Waals surface area contributed by atoms with Crippen LogP contribution in [0.1, 0.15) is 11.1 Å². The van der Waals surface area contributed by atoms with Gasteiger partial charge in [-0.05, 0) is 51.3 Å². The molecule has 0 radical (unpaired) electrons. The summed E-state index contributed by atoms with van der Waals surface area (Å²) in [5, 5.41) is 2.66. The molecule has 0 bridgehead atoms. The Morgan fingerprint density at radius 1 is 0.917 bits per heavy atom. The molecule has 3 aromatic carbocycles. The predicted octanol–water partition coefficient (Wildman–Crippen LogP) is 4.36. The van der Waals surface area contributed by atoms with E-state index in [4.69, 9.17) is 0 Å². The summed E-state index contributed by atoms with van der Waals surface area (Å²) in [5.74, 6) is -0.838. The van der Waals surface area contributed by atoms with Crippen LogP contribution in [0.5, 0.6) is 0 Å². The first-order chi connectivity index (χ1) is 17.1. The Morgan fingerprint density at radius 2 is 1.56 bits per heavy atom. The molecule has 0 fully saturated rings. The molecule has 10 heteroatoms. The summed E-state index contributed by atoms with van der Waals surface area (Å²) in [7, 11) is -2.29. The van der Waals surface area contributed by atoms with E-state index in [0.29, 0.717) is 10.2 Å². The highest BCUT2D eigenvalue weighted by atomic mass is 79.9. The normalized spacial score (nSPS) is 12.0. The number of hydrogen-bond acceptors (Lipinski definition) is 4. The maximum atomic E-state index is 13.8. The molecule has 1 N–H and O–H groups in total. The second-order valence-corrected chi connectivity index (χ2v) is 11.9. The number of carbonyl (C=O) groups is 2. The van der Waals surface area contributed by atoms with Crippen molar-refractivity contribution in [2.75, 3.05) is 24.2 Å². The van der Waals surface area contributed by atoms with E-state index in [0.717, 1.165) is 26.2 Å². The van der Waals surface area contributed by atoms with E-state index in [1.54, 1.807) is 24.3 Å². The van der Waals surface area contributed by atoms with Crippen molar-refractivity contribution in [3.8, 4) is 0 Å². The average Bonchev–Trinajstić information content (AvgIpc) is 2.84. The van der Waals surface area contributed by atoms with Gasteiger partial charge in [0.25, 0.3) is 0 Å². The number of benzene rings is 3. The van der Waals surface area contributed by atoms with E-state index in [9.17, 15) is 18.0 Å². The van der Waals surface area contributed by atoms with Crippen LogP contribution in [0.2, 0.25) is 0 Å². The molecule has 0 aliphatic carbocycles.